The van der Waals surface area contributed by atoms with E-state index in [1.165, 1.54) is 11.8 Å². The van der Waals surface area contributed by atoms with Crippen LogP contribution >= 0.6 is 0 Å². The second-order valence-electron chi connectivity index (χ2n) is 5.75. The zero-order valence-corrected chi connectivity index (χ0v) is 13.9. The predicted molar refractivity (Wildman–Crippen MR) is 83.2 cm³/mol. The lowest BCUT2D eigenvalue weighted by molar-refractivity contribution is -0.145. The number of carboxylic acid groups (broad SMARTS) is 4. The fourth-order valence-electron chi connectivity index (χ4n) is 2.28. The summed E-state index contributed by atoms with van der Waals surface area (Å²) in [6, 6.07) is 0. The summed E-state index contributed by atoms with van der Waals surface area (Å²) in [5.41, 5.74) is 0. The van der Waals surface area contributed by atoms with Crippen LogP contribution in [0.25, 0.3) is 0 Å². The SMILES string of the molecule is CC(O)CC(CN(CCN(CC(=O)O)CC(=O)O)CC(=O)O)C(=O)O. The van der Waals surface area contributed by atoms with Gasteiger partial charge in [0.05, 0.1) is 31.7 Å². The van der Waals surface area contributed by atoms with Gasteiger partial charge in [0.1, 0.15) is 0 Å². The van der Waals surface area contributed by atoms with E-state index in [4.69, 9.17) is 20.4 Å². The van der Waals surface area contributed by atoms with Crippen molar-refractivity contribution in [2.45, 2.75) is 19.4 Å². The van der Waals surface area contributed by atoms with Crippen LogP contribution < -0.4 is 0 Å². The molecule has 0 rings (SSSR count). The summed E-state index contributed by atoms with van der Waals surface area (Å²) in [6.45, 7) is -0.410. The fraction of sp³-hybridized carbons (Fsp3) is 0.714. The van der Waals surface area contributed by atoms with E-state index in [1.54, 1.807) is 0 Å². The molecule has 0 aliphatic carbocycles. The average molecular weight is 364 g/mol. The Morgan fingerprint density at radius 2 is 1.20 bits per heavy atom. The Kier molecular flexibility index (Phi) is 10.3. The minimum absolute atomic E-state index is 0.0313. The monoisotopic (exact) mass is 364 g/mol. The van der Waals surface area contributed by atoms with Crippen LogP contribution in [0.4, 0.5) is 0 Å². The third kappa shape index (κ3) is 11.9. The lowest BCUT2D eigenvalue weighted by Crippen LogP contribution is -2.44. The molecule has 0 radical (unpaired) electrons. The molecule has 0 saturated carbocycles. The van der Waals surface area contributed by atoms with Crippen LogP contribution in [-0.2, 0) is 19.2 Å². The molecule has 0 aliphatic rings. The molecule has 0 aliphatic heterocycles. The quantitative estimate of drug-likeness (QED) is 0.238. The van der Waals surface area contributed by atoms with Crippen LogP contribution in [0, 0.1) is 5.92 Å². The Labute approximate surface area is 144 Å². The number of rotatable bonds is 14. The number of carbonyl (C=O) groups is 4. The Morgan fingerprint density at radius 1 is 0.800 bits per heavy atom. The minimum atomic E-state index is -1.23. The van der Waals surface area contributed by atoms with Gasteiger partial charge in [0.25, 0.3) is 0 Å². The lowest BCUT2D eigenvalue weighted by atomic mass is 10.0. The average Bonchev–Trinajstić information content (AvgIpc) is 2.41. The molecular formula is C14H24N2O9. The number of carboxylic acids is 4. The van der Waals surface area contributed by atoms with Gasteiger partial charge in [-0.25, -0.2) is 0 Å². The van der Waals surface area contributed by atoms with Crippen molar-refractivity contribution in [1.82, 2.24) is 9.80 Å². The third-order valence-electron chi connectivity index (χ3n) is 3.26. The first-order chi connectivity index (χ1) is 11.5. The van der Waals surface area contributed by atoms with Crippen LogP contribution in [0.15, 0.2) is 0 Å². The maximum atomic E-state index is 11.2. The van der Waals surface area contributed by atoms with Gasteiger partial charge in [0, 0.05) is 19.6 Å². The molecule has 0 heterocycles. The van der Waals surface area contributed by atoms with Crippen LogP contribution in [0.3, 0.4) is 0 Å². The summed E-state index contributed by atoms with van der Waals surface area (Å²) in [5.74, 6) is -5.87. The number of hydrogen-bond acceptors (Lipinski definition) is 7. The van der Waals surface area contributed by atoms with Crippen LogP contribution in [0.5, 0.6) is 0 Å². The van der Waals surface area contributed by atoms with Gasteiger partial charge in [-0.1, -0.05) is 0 Å². The summed E-state index contributed by atoms with van der Waals surface area (Å²) >= 11 is 0. The van der Waals surface area contributed by atoms with Gasteiger partial charge in [-0.3, -0.25) is 29.0 Å². The van der Waals surface area contributed by atoms with Crippen LogP contribution in [0.1, 0.15) is 13.3 Å². The zero-order chi connectivity index (χ0) is 19.6. The maximum absolute atomic E-state index is 11.2. The van der Waals surface area contributed by atoms with Gasteiger partial charge in [-0.05, 0) is 13.3 Å². The largest absolute Gasteiger partial charge is 0.481 e. The first kappa shape index (κ1) is 22.8. The number of nitrogens with zero attached hydrogens (tertiary/aromatic N) is 2. The molecule has 0 amide bonds. The van der Waals surface area contributed by atoms with Crippen molar-refractivity contribution >= 4 is 23.9 Å². The Balaban J connectivity index is 4.93. The molecule has 144 valence electrons. The maximum Gasteiger partial charge on any atom is 0.317 e. The number of aliphatic carboxylic acids is 4. The Morgan fingerprint density at radius 3 is 1.56 bits per heavy atom. The first-order valence-corrected chi connectivity index (χ1v) is 7.52. The molecule has 5 N–H and O–H groups in total. The van der Waals surface area contributed by atoms with E-state index in [9.17, 15) is 24.3 Å². The molecule has 2 unspecified atom stereocenters. The van der Waals surface area contributed by atoms with E-state index in [0.29, 0.717) is 0 Å². The molecule has 11 nitrogen and oxygen atoms in total. The first-order valence-electron chi connectivity index (χ1n) is 7.52. The fourth-order valence-corrected chi connectivity index (χ4v) is 2.28. The molecule has 0 spiro atoms. The van der Waals surface area contributed by atoms with Crippen molar-refractivity contribution < 1.29 is 44.7 Å². The lowest BCUT2D eigenvalue weighted by Gasteiger charge is -2.27. The van der Waals surface area contributed by atoms with Gasteiger partial charge in [0.2, 0.25) is 0 Å². The summed E-state index contributed by atoms with van der Waals surface area (Å²) in [6.07, 6.45) is -0.956. The van der Waals surface area contributed by atoms with Crippen molar-refractivity contribution in [3.63, 3.8) is 0 Å². The molecule has 0 saturated heterocycles. The van der Waals surface area contributed by atoms with Crippen molar-refractivity contribution in [1.29, 1.82) is 0 Å². The molecule has 0 fully saturated rings. The van der Waals surface area contributed by atoms with E-state index < -0.39 is 55.5 Å². The molecule has 0 aromatic heterocycles. The smallest absolute Gasteiger partial charge is 0.317 e. The van der Waals surface area contributed by atoms with Crippen LogP contribution in [0.2, 0.25) is 0 Å². The highest BCUT2D eigenvalue weighted by Gasteiger charge is 2.24. The number of hydrogen-bond donors (Lipinski definition) is 5. The summed E-state index contributed by atoms with van der Waals surface area (Å²) in [7, 11) is 0. The molecule has 11 heteroatoms. The van der Waals surface area contributed by atoms with Crippen molar-refractivity contribution in [2.24, 2.45) is 5.92 Å². The Hall–Kier alpha value is -2.24. The van der Waals surface area contributed by atoms with E-state index >= 15 is 0 Å². The molecular weight excluding hydrogens is 340 g/mol. The zero-order valence-electron chi connectivity index (χ0n) is 13.9. The third-order valence-corrected chi connectivity index (χ3v) is 3.26. The van der Waals surface area contributed by atoms with E-state index in [-0.39, 0.29) is 26.1 Å². The normalized spacial score (nSPS) is 13.6. The predicted octanol–water partition coefficient (Wildman–Crippen LogP) is -1.68. The van der Waals surface area contributed by atoms with Gasteiger partial charge in [0.15, 0.2) is 0 Å². The molecule has 25 heavy (non-hydrogen) atoms. The number of aliphatic hydroxyl groups excluding tert-OH is 1. The van der Waals surface area contributed by atoms with Crippen molar-refractivity contribution in [2.75, 3.05) is 39.3 Å². The molecule has 2 atom stereocenters. The van der Waals surface area contributed by atoms with Gasteiger partial charge < -0.3 is 25.5 Å². The second-order valence-corrected chi connectivity index (χ2v) is 5.75. The standard InChI is InChI=1S/C14H24N2O9/c1-9(17)4-10(14(24)25)5-15(6-11(18)19)2-3-16(7-12(20)21)8-13(22)23/h9-10,17H,2-8H2,1H3,(H,18,19)(H,20,21)(H,22,23)(H,24,25). The topological polar surface area (TPSA) is 176 Å². The highest BCUT2D eigenvalue weighted by molar-refractivity contribution is 5.72. The second kappa shape index (κ2) is 11.3. The summed E-state index contributed by atoms with van der Waals surface area (Å²) < 4.78 is 0. The van der Waals surface area contributed by atoms with Crippen molar-refractivity contribution in [3.05, 3.63) is 0 Å². The summed E-state index contributed by atoms with van der Waals surface area (Å²) in [4.78, 5) is 46.1. The minimum Gasteiger partial charge on any atom is -0.481 e. The van der Waals surface area contributed by atoms with E-state index in [1.807, 2.05) is 0 Å². The highest BCUT2D eigenvalue weighted by Crippen LogP contribution is 2.10. The van der Waals surface area contributed by atoms with Gasteiger partial charge in [-0.2, -0.15) is 0 Å². The molecule has 0 aromatic carbocycles. The van der Waals surface area contributed by atoms with Crippen molar-refractivity contribution in [3.8, 4) is 0 Å². The summed E-state index contributed by atoms with van der Waals surface area (Å²) in [5, 5.41) is 45.0. The molecule has 0 bridgehead atoms. The number of aliphatic hydroxyl groups is 1. The van der Waals surface area contributed by atoms with E-state index in [0.717, 1.165) is 4.90 Å². The highest BCUT2D eigenvalue weighted by atomic mass is 16.4. The molecule has 0 aromatic rings. The van der Waals surface area contributed by atoms with E-state index in [2.05, 4.69) is 0 Å². The van der Waals surface area contributed by atoms with Gasteiger partial charge in [-0.15, -0.1) is 0 Å². The van der Waals surface area contributed by atoms with Crippen LogP contribution in [-0.4, -0.2) is 105 Å². The Bertz CT molecular complexity index is 465. The van der Waals surface area contributed by atoms with Gasteiger partial charge >= 0.3 is 23.9 Å².